The van der Waals surface area contributed by atoms with Crippen molar-refractivity contribution in [3.05, 3.63) is 64.2 Å². The number of amides is 1. The molecule has 0 aliphatic heterocycles. The summed E-state index contributed by atoms with van der Waals surface area (Å²) in [6, 6.07) is 13.1. The van der Waals surface area contributed by atoms with Crippen molar-refractivity contribution >= 4 is 29.2 Å². The number of halogens is 1. The molecular formula is C29H40ClNO4. The van der Waals surface area contributed by atoms with E-state index in [1.165, 1.54) is 0 Å². The van der Waals surface area contributed by atoms with E-state index >= 15 is 0 Å². The molecule has 0 radical (unpaired) electrons. The lowest BCUT2D eigenvalue weighted by molar-refractivity contribution is -0.148. The van der Waals surface area contributed by atoms with Gasteiger partial charge in [-0.05, 0) is 61.4 Å². The molecule has 192 valence electrons. The van der Waals surface area contributed by atoms with Crippen molar-refractivity contribution in [2.24, 2.45) is 11.8 Å². The lowest BCUT2D eigenvalue weighted by atomic mass is 9.83. The van der Waals surface area contributed by atoms with Crippen LogP contribution >= 0.6 is 11.6 Å². The number of aryl methyl sites for hydroxylation is 2. The highest BCUT2D eigenvalue weighted by atomic mass is 35.5. The van der Waals surface area contributed by atoms with Crippen molar-refractivity contribution in [3.8, 4) is 0 Å². The Hall–Kier alpha value is -2.37. The Morgan fingerprint density at radius 2 is 1.69 bits per heavy atom. The summed E-state index contributed by atoms with van der Waals surface area (Å²) in [5.74, 6) is -1.58. The average molecular weight is 502 g/mol. The van der Waals surface area contributed by atoms with Gasteiger partial charge >= 0.3 is 5.97 Å². The first-order chi connectivity index (χ1) is 16.8. The van der Waals surface area contributed by atoms with Gasteiger partial charge in [-0.15, -0.1) is 0 Å². The van der Waals surface area contributed by atoms with Crippen LogP contribution < -0.4 is 5.32 Å². The third-order valence-electron chi connectivity index (χ3n) is 6.52. The number of benzene rings is 2. The SMILES string of the molecule is CCCCCCC(CC(=O)OCc1ccccc1)[C@H](O)C(CC)C(=O)Nc1c(C)cc(Cl)cc1C. The number of unbranched alkanes of at least 4 members (excludes halogenated alkanes) is 3. The summed E-state index contributed by atoms with van der Waals surface area (Å²) in [4.78, 5) is 25.9. The van der Waals surface area contributed by atoms with Gasteiger partial charge in [0.2, 0.25) is 5.91 Å². The number of anilines is 1. The van der Waals surface area contributed by atoms with E-state index in [-0.39, 0.29) is 30.8 Å². The molecule has 35 heavy (non-hydrogen) atoms. The molecule has 1 amide bonds. The van der Waals surface area contributed by atoms with E-state index in [9.17, 15) is 14.7 Å². The van der Waals surface area contributed by atoms with Crippen LogP contribution in [0.4, 0.5) is 5.69 Å². The van der Waals surface area contributed by atoms with Crippen LogP contribution in [0, 0.1) is 25.7 Å². The maximum Gasteiger partial charge on any atom is 0.306 e. The van der Waals surface area contributed by atoms with Crippen LogP contribution in [0.1, 0.15) is 75.5 Å². The summed E-state index contributed by atoms with van der Waals surface area (Å²) in [5.41, 5.74) is 3.37. The molecule has 0 heterocycles. The molecule has 0 saturated heterocycles. The Labute approximate surface area is 215 Å². The van der Waals surface area contributed by atoms with Crippen molar-refractivity contribution in [3.63, 3.8) is 0 Å². The first-order valence-electron chi connectivity index (χ1n) is 12.7. The summed E-state index contributed by atoms with van der Waals surface area (Å²) in [6.07, 6.45) is 4.41. The smallest absolute Gasteiger partial charge is 0.306 e. The molecule has 2 aromatic carbocycles. The lowest BCUT2D eigenvalue weighted by Crippen LogP contribution is -2.38. The van der Waals surface area contributed by atoms with Gasteiger partial charge in [0.15, 0.2) is 0 Å². The van der Waals surface area contributed by atoms with Crippen molar-refractivity contribution in [2.45, 2.75) is 85.4 Å². The molecule has 2 N–H and O–H groups in total. The maximum absolute atomic E-state index is 13.2. The number of rotatable bonds is 14. The number of esters is 1. The second-order valence-corrected chi connectivity index (χ2v) is 9.81. The van der Waals surface area contributed by atoms with Crippen LogP contribution in [-0.4, -0.2) is 23.1 Å². The van der Waals surface area contributed by atoms with Crippen LogP contribution in [0.2, 0.25) is 5.02 Å². The zero-order valence-electron chi connectivity index (χ0n) is 21.5. The molecule has 0 saturated carbocycles. The second-order valence-electron chi connectivity index (χ2n) is 9.37. The molecule has 0 spiro atoms. The number of aliphatic hydroxyl groups is 1. The summed E-state index contributed by atoms with van der Waals surface area (Å²) in [6.45, 7) is 8.02. The fourth-order valence-corrected chi connectivity index (χ4v) is 4.80. The molecule has 2 rings (SSSR count). The molecule has 0 fully saturated rings. The van der Waals surface area contributed by atoms with Gasteiger partial charge < -0.3 is 15.2 Å². The standard InChI is InChI=1S/C29H40ClNO4/c1-5-7-8-12-15-23(18-26(32)35-19-22-13-10-9-11-14-22)28(33)25(6-2)29(34)31-27-20(3)16-24(30)17-21(27)4/h9-11,13-14,16-17,23,25,28,33H,5-8,12,15,18-19H2,1-4H3,(H,31,34)/t23?,25?,28-/m0/s1. The predicted octanol–water partition coefficient (Wildman–Crippen LogP) is 7.00. The Bertz CT molecular complexity index is 924. The minimum atomic E-state index is -0.946. The van der Waals surface area contributed by atoms with E-state index in [0.29, 0.717) is 23.6 Å². The second kappa shape index (κ2) is 14.9. The molecule has 0 aromatic heterocycles. The van der Waals surface area contributed by atoms with Crippen molar-refractivity contribution in [1.82, 2.24) is 0 Å². The zero-order valence-corrected chi connectivity index (χ0v) is 22.2. The number of ether oxygens (including phenoxy) is 1. The van der Waals surface area contributed by atoms with E-state index in [1.807, 2.05) is 51.1 Å². The highest BCUT2D eigenvalue weighted by Crippen LogP contribution is 2.29. The van der Waals surface area contributed by atoms with Gasteiger partial charge in [0.1, 0.15) is 6.61 Å². The Morgan fingerprint density at radius 1 is 1.03 bits per heavy atom. The number of hydrogen-bond acceptors (Lipinski definition) is 4. The molecule has 0 aliphatic rings. The van der Waals surface area contributed by atoms with Crippen LogP contribution in [0.3, 0.4) is 0 Å². The van der Waals surface area contributed by atoms with Gasteiger partial charge in [-0.3, -0.25) is 9.59 Å². The van der Waals surface area contributed by atoms with Crippen LogP contribution in [0.15, 0.2) is 42.5 Å². The number of carbonyl (C=O) groups is 2. The molecule has 5 nitrogen and oxygen atoms in total. The van der Waals surface area contributed by atoms with E-state index in [2.05, 4.69) is 12.2 Å². The summed E-state index contributed by atoms with van der Waals surface area (Å²) in [7, 11) is 0. The van der Waals surface area contributed by atoms with Gasteiger partial charge in [0, 0.05) is 10.7 Å². The third kappa shape index (κ3) is 9.30. The fraction of sp³-hybridized carbons (Fsp3) is 0.517. The number of nitrogens with one attached hydrogen (secondary N) is 1. The molecule has 2 unspecified atom stereocenters. The summed E-state index contributed by atoms with van der Waals surface area (Å²) >= 11 is 6.13. The topological polar surface area (TPSA) is 75.6 Å². The van der Waals surface area contributed by atoms with E-state index < -0.39 is 12.0 Å². The maximum atomic E-state index is 13.2. The Morgan fingerprint density at radius 3 is 2.29 bits per heavy atom. The lowest BCUT2D eigenvalue weighted by Gasteiger charge is -2.29. The summed E-state index contributed by atoms with van der Waals surface area (Å²) < 4.78 is 5.49. The fourth-order valence-electron chi connectivity index (χ4n) is 4.47. The molecule has 0 bridgehead atoms. The van der Waals surface area contributed by atoms with Crippen molar-refractivity contribution < 1.29 is 19.4 Å². The molecule has 3 atom stereocenters. The molecular weight excluding hydrogens is 462 g/mol. The van der Waals surface area contributed by atoms with E-state index in [1.54, 1.807) is 12.1 Å². The van der Waals surface area contributed by atoms with Crippen molar-refractivity contribution in [2.75, 3.05) is 5.32 Å². The van der Waals surface area contributed by atoms with Gasteiger partial charge in [0.25, 0.3) is 0 Å². The van der Waals surface area contributed by atoms with Gasteiger partial charge in [-0.25, -0.2) is 0 Å². The average Bonchev–Trinajstić information content (AvgIpc) is 2.83. The first-order valence-corrected chi connectivity index (χ1v) is 13.1. The predicted molar refractivity (Wildman–Crippen MR) is 142 cm³/mol. The molecule has 0 aliphatic carbocycles. The Kier molecular flexibility index (Phi) is 12.3. The Balaban J connectivity index is 2.10. The van der Waals surface area contributed by atoms with Gasteiger partial charge in [-0.2, -0.15) is 0 Å². The van der Waals surface area contributed by atoms with Crippen LogP contribution in [-0.2, 0) is 20.9 Å². The van der Waals surface area contributed by atoms with Crippen molar-refractivity contribution in [1.29, 1.82) is 0 Å². The minimum absolute atomic E-state index is 0.0862. The largest absolute Gasteiger partial charge is 0.461 e. The summed E-state index contributed by atoms with van der Waals surface area (Å²) in [5, 5.41) is 14.9. The van der Waals surface area contributed by atoms with Gasteiger partial charge in [-0.1, -0.05) is 81.5 Å². The number of hydrogen-bond donors (Lipinski definition) is 2. The molecule has 2 aromatic rings. The highest BCUT2D eigenvalue weighted by Gasteiger charge is 2.33. The normalized spacial score (nSPS) is 13.7. The number of carbonyl (C=O) groups excluding carboxylic acids is 2. The van der Waals surface area contributed by atoms with E-state index in [0.717, 1.165) is 42.4 Å². The van der Waals surface area contributed by atoms with Crippen LogP contribution in [0.5, 0.6) is 0 Å². The zero-order chi connectivity index (χ0) is 25.8. The number of aliphatic hydroxyl groups excluding tert-OH is 1. The van der Waals surface area contributed by atoms with Crippen LogP contribution in [0.25, 0.3) is 0 Å². The quantitative estimate of drug-likeness (QED) is 0.216. The third-order valence-corrected chi connectivity index (χ3v) is 6.74. The molecule has 6 heteroatoms. The monoisotopic (exact) mass is 501 g/mol. The van der Waals surface area contributed by atoms with E-state index in [4.69, 9.17) is 16.3 Å². The highest BCUT2D eigenvalue weighted by molar-refractivity contribution is 6.30. The first kappa shape index (κ1) is 28.9. The van der Waals surface area contributed by atoms with Gasteiger partial charge in [0.05, 0.1) is 18.4 Å². The minimum Gasteiger partial charge on any atom is -0.461 e.